The first-order valence-corrected chi connectivity index (χ1v) is 9.86. The fourth-order valence-electron chi connectivity index (χ4n) is 4.19. The highest BCUT2D eigenvalue weighted by atomic mass is 16.2. The molecule has 2 amide bonds. The van der Waals surface area contributed by atoms with Crippen LogP contribution in [0.15, 0.2) is 66.3 Å². The normalized spacial score (nSPS) is 20.8. The van der Waals surface area contributed by atoms with Crippen LogP contribution in [0.2, 0.25) is 0 Å². The summed E-state index contributed by atoms with van der Waals surface area (Å²) in [6, 6.07) is 9.14. The van der Waals surface area contributed by atoms with E-state index in [0.29, 0.717) is 13.0 Å². The van der Waals surface area contributed by atoms with Crippen molar-refractivity contribution in [2.24, 2.45) is 0 Å². The zero-order valence-electron chi connectivity index (χ0n) is 16.6. The first-order chi connectivity index (χ1) is 14.2. The van der Waals surface area contributed by atoms with Crippen LogP contribution in [0.5, 0.6) is 0 Å². The third kappa shape index (κ3) is 3.20. The van der Waals surface area contributed by atoms with Crippen LogP contribution < -0.4 is 10.2 Å². The van der Waals surface area contributed by atoms with Gasteiger partial charge in [-0.1, -0.05) is 48.6 Å². The third-order valence-corrected chi connectivity index (χ3v) is 5.44. The van der Waals surface area contributed by atoms with Gasteiger partial charge in [0.2, 0.25) is 6.41 Å². The van der Waals surface area contributed by atoms with Crippen molar-refractivity contribution in [3.63, 3.8) is 0 Å². The smallest absolute Gasteiger partial charge is 0.251 e. The number of hydrogen-bond donors (Lipinski definition) is 1. The Hall–Kier alpha value is -3.41. The van der Waals surface area contributed by atoms with Crippen LogP contribution in [0.4, 0.5) is 5.82 Å². The molecule has 2 aliphatic rings. The van der Waals surface area contributed by atoms with E-state index < -0.39 is 6.04 Å². The molecule has 6 nitrogen and oxygen atoms in total. The summed E-state index contributed by atoms with van der Waals surface area (Å²) >= 11 is 0. The molecule has 1 aromatic heterocycles. The molecule has 0 saturated heterocycles. The molecule has 0 radical (unpaired) electrons. The molecule has 1 aliphatic heterocycles. The maximum Gasteiger partial charge on any atom is 0.251 e. The minimum atomic E-state index is -0.672. The Kier molecular flexibility index (Phi) is 5.16. The largest absolute Gasteiger partial charge is 0.346 e. The number of carbonyl (C=O) groups is 2. The number of hydrogen-bond acceptors (Lipinski definition) is 3. The Morgan fingerprint density at radius 3 is 2.76 bits per heavy atom. The maximum absolute atomic E-state index is 13.4. The summed E-state index contributed by atoms with van der Waals surface area (Å²) in [5.41, 5.74) is 3.70. The summed E-state index contributed by atoms with van der Waals surface area (Å²) in [7, 11) is 0. The molecule has 6 heteroatoms. The van der Waals surface area contributed by atoms with Crippen molar-refractivity contribution in [1.82, 2.24) is 15.1 Å². The molecule has 0 saturated carbocycles. The van der Waals surface area contributed by atoms with Gasteiger partial charge in [-0.15, -0.1) is 0 Å². The molecule has 0 spiro atoms. The zero-order chi connectivity index (χ0) is 20.4. The molecule has 148 valence electrons. The van der Waals surface area contributed by atoms with Crippen molar-refractivity contribution >= 4 is 18.1 Å². The molecular formula is C23H24N4O2. The Morgan fingerprint density at radius 1 is 1.24 bits per heavy atom. The first kappa shape index (κ1) is 18.9. The highest BCUT2D eigenvalue weighted by Gasteiger charge is 2.44. The number of aromatic nitrogens is 2. The molecule has 4 rings (SSSR count). The van der Waals surface area contributed by atoms with E-state index in [0.717, 1.165) is 34.8 Å². The molecule has 29 heavy (non-hydrogen) atoms. The predicted octanol–water partition coefficient (Wildman–Crippen LogP) is 3.19. The van der Waals surface area contributed by atoms with Gasteiger partial charge < -0.3 is 5.32 Å². The predicted molar refractivity (Wildman–Crippen MR) is 113 cm³/mol. The number of aryl methyl sites for hydroxylation is 1. The van der Waals surface area contributed by atoms with E-state index >= 15 is 0 Å². The van der Waals surface area contributed by atoms with Crippen molar-refractivity contribution in [3.8, 4) is 5.69 Å². The quantitative estimate of drug-likeness (QED) is 0.800. The lowest BCUT2D eigenvalue weighted by Gasteiger charge is -2.38. The monoisotopic (exact) mass is 388 g/mol. The van der Waals surface area contributed by atoms with Crippen molar-refractivity contribution in [1.29, 1.82) is 0 Å². The number of likely N-dealkylation sites (N-methyl/N-ethyl adjacent to an activating group) is 1. The third-order valence-electron chi connectivity index (χ3n) is 5.44. The molecule has 1 N–H and O–H groups in total. The van der Waals surface area contributed by atoms with Crippen molar-refractivity contribution in [3.05, 3.63) is 77.5 Å². The number of nitrogens with zero attached hydrogens (tertiary/aromatic N) is 3. The van der Waals surface area contributed by atoms with Gasteiger partial charge >= 0.3 is 0 Å². The highest BCUT2D eigenvalue weighted by molar-refractivity contribution is 6.02. The second-order valence-electron chi connectivity index (χ2n) is 7.13. The van der Waals surface area contributed by atoms with Crippen LogP contribution in [0, 0.1) is 6.92 Å². The lowest BCUT2D eigenvalue weighted by atomic mass is 9.80. The molecule has 0 unspecified atom stereocenters. The number of rotatable bonds is 5. The fourth-order valence-corrected chi connectivity index (χ4v) is 4.19. The summed E-state index contributed by atoms with van der Waals surface area (Å²) < 4.78 is 1.84. The highest BCUT2D eigenvalue weighted by Crippen LogP contribution is 2.43. The average molecular weight is 388 g/mol. The number of allylic oxidation sites excluding steroid dienone is 5. The van der Waals surface area contributed by atoms with Crippen LogP contribution in [-0.2, 0) is 9.59 Å². The Balaban J connectivity index is 1.98. The summed E-state index contributed by atoms with van der Waals surface area (Å²) in [4.78, 5) is 26.5. The number of carbonyl (C=O) groups excluding carboxylic acids is 2. The number of benzene rings is 1. The van der Waals surface area contributed by atoms with Crippen molar-refractivity contribution < 1.29 is 9.59 Å². The molecule has 2 heterocycles. The van der Waals surface area contributed by atoms with Gasteiger partial charge in [-0.3, -0.25) is 14.5 Å². The van der Waals surface area contributed by atoms with E-state index in [1.165, 1.54) is 0 Å². The lowest BCUT2D eigenvalue weighted by molar-refractivity contribution is -0.123. The van der Waals surface area contributed by atoms with E-state index in [4.69, 9.17) is 5.10 Å². The Bertz CT molecular complexity index is 1020. The number of amides is 2. The average Bonchev–Trinajstić information content (AvgIpc) is 2.91. The molecular weight excluding hydrogens is 364 g/mol. The zero-order valence-corrected chi connectivity index (χ0v) is 16.6. The number of anilines is 1. The maximum atomic E-state index is 13.4. The second kappa shape index (κ2) is 7.91. The van der Waals surface area contributed by atoms with Crippen molar-refractivity contribution in [2.45, 2.75) is 32.2 Å². The molecule has 0 fully saturated rings. The van der Waals surface area contributed by atoms with Gasteiger partial charge in [0.1, 0.15) is 11.9 Å². The molecule has 2 aromatic rings. The van der Waals surface area contributed by atoms with E-state index in [1.54, 1.807) is 4.90 Å². The summed E-state index contributed by atoms with van der Waals surface area (Å²) in [6.45, 7) is 4.39. The molecule has 0 bridgehead atoms. The number of nitrogens with one attached hydrogen (secondary N) is 1. The number of para-hydroxylation sites is 1. The van der Waals surface area contributed by atoms with Crippen LogP contribution >= 0.6 is 0 Å². The van der Waals surface area contributed by atoms with Crippen LogP contribution in [0.3, 0.4) is 0 Å². The SMILES string of the molecule is CCN1C(=O)[C@H](NC=O)[C@@H](C2=CC=CCC=C2)c2c(C)nn(-c3ccccc3)c21. The molecule has 1 aromatic carbocycles. The topological polar surface area (TPSA) is 67.2 Å². The van der Waals surface area contributed by atoms with Gasteiger partial charge in [0, 0.05) is 18.0 Å². The standard InChI is InChI=1S/C23H24N4O2/c1-3-26-22-19(16(2)25-27(22)18-13-9-6-10-14-18)20(21(23(26)29)24-15-28)17-11-7-4-5-8-12-17/h4,6-15,20-21H,3,5H2,1-2H3,(H,24,28)/t20-,21+/m0/s1. The van der Waals surface area contributed by atoms with E-state index in [9.17, 15) is 9.59 Å². The minimum absolute atomic E-state index is 0.128. The van der Waals surface area contributed by atoms with Crippen LogP contribution in [-0.4, -0.2) is 34.7 Å². The van der Waals surface area contributed by atoms with Gasteiger partial charge in [-0.25, -0.2) is 4.68 Å². The summed E-state index contributed by atoms with van der Waals surface area (Å²) in [5.74, 6) is 0.344. The van der Waals surface area contributed by atoms with Gasteiger partial charge in [0.25, 0.3) is 5.91 Å². The molecule has 2 atom stereocenters. The first-order valence-electron chi connectivity index (χ1n) is 9.86. The van der Waals surface area contributed by atoms with Crippen molar-refractivity contribution in [2.75, 3.05) is 11.4 Å². The van der Waals surface area contributed by atoms with Gasteiger partial charge in [-0.2, -0.15) is 5.10 Å². The lowest BCUT2D eigenvalue weighted by Crippen LogP contribution is -2.53. The Morgan fingerprint density at radius 2 is 2.03 bits per heavy atom. The van der Waals surface area contributed by atoms with Gasteiger partial charge in [0.15, 0.2) is 0 Å². The van der Waals surface area contributed by atoms with Crippen LogP contribution in [0.1, 0.15) is 30.5 Å². The minimum Gasteiger partial charge on any atom is -0.346 e. The van der Waals surface area contributed by atoms with E-state index in [-0.39, 0.29) is 11.8 Å². The van der Waals surface area contributed by atoms with Gasteiger partial charge in [0.05, 0.1) is 11.4 Å². The Labute approximate surface area is 170 Å². The number of fused-ring (bicyclic) bond motifs is 1. The van der Waals surface area contributed by atoms with E-state index in [2.05, 4.69) is 17.5 Å². The second-order valence-corrected chi connectivity index (χ2v) is 7.13. The summed E-state index contributed by atoms with van der Waals surface area (Å²) in [6.07, 6.45) is 11.6. The fraction of sp³-hybridized carbons (Fsp3) is 0.261. The summed E-state index contributed by atoms with van der Waals surface area (Å²) in [5, 5.41) is 7.57. The van der Waals surface area contributed by atoms with Crippen LogP contribution in [0.25, 0.3) is 5.69 Å². The van der Waals surface area contributed by atoms with Gasteiger partial charge in [-0.05, 0) is 38.0 Å². The molecule has 1 aliphatic carbocycles. The van der Waals surface area contributed by atoms with E-state index in [1.807, 2.05) is 67.1 Å².